The minimum atomic E-state index is -0.266. The van der Waals surface area contributed by atoms with Crippen molar-refractivity contribution in [2.24, 2.45) is 5.16 Å². The Labute approximate surface area is 255 Å². The van der Waals surface area contributed by atoms with Gasteiger partial charge in [0.15, 0.2) is 18.2 Å². The number of aryl methyl sites for hydroxylation is 1. The second-order valence-electron chi connectivity index (χ2n) is 9.65. The van der Waals surface area contributed by atoms with Crippen LogP contribution in [0.3, 0.4) is 0 Å². The lowest BCUT2D eigenvalue weighted by molar-refractivity contribution is -0.121. The third kappa shape index (κ3) is 7.27. The first-order chi connectivity index (χ1) is 20.4. The second kappa shape index (κ2) is 14.8. The lowest BCUT2D eigenvalue weighted by Gasteiger charge is -2.08. The molecule has 0 saturated heterocycles. The number of allylic oxidation sites excluding steroid dienone is 3. The first kappa shape index (κ1) is 31.0. The van der Waals surface area contributed by atoms with Gasteiger partial charge in [-0.25, -0.2) is 0 Å². The number of aromatic nitrogens is 1. The van der Waals surface area contributed by atoms with E-state index in [-0.39, 0.29) is 29.7 Å². The van der Waals surface area contributed by atoms with E-state index < -0.39 is 0 Å². The Kier molecular flexibility index (Phi) is 10.9. The summed E-state index contributed by atoms with van der Waals surface area (Å²) in [5.41, 5.74) is 5.32. The predicted molar refractivity (Wildman–Crippen MR) is 174 cm³/mol. The monoisotopic (exact) mass is 600 g/mol. The fraction of sp³-hybridized carbons (Fsp3) is 0.235. The van der Waals surface area contributed by atoms with Gasteiger partial charge in [-0.2, -0.15) is 0 Å². The van der Waals surface area contributed by atoms with Crippen molar-refractivity contribution in [3.8, 4) is 0 Å². The number of hydrogen-bond acceptors (Lipinski definition) is 6. The molecule has 0 amide bonds. The Bertz CT molecular complexity index is 1700. The van der Waals surface area contributed by atoms with Crippen LogP contribution in [0.2, 0.25) is 0 Å². The highest BCUT2D eigenvalue weighted by Crippen LogP contribution is 2.32. The molecule has 216 valence electrons. The SMILES string of the molecule is CC/C(=C\C=C\Cl)SCC/C(=N\OCC(C)=O)C(=O)c1ccc2c(c1)c1cc(C(=O)c3ccccc3)ccc1n2CC. The zero-order valence-electron chi connectivity index (χ0n) is 23.9. The number of fused-ring (bicyclic) bond motifs is 3. The molecule has 0 aliphatic heterocycles. The zero-order chi connectivity index (χ0) is 30.1. The smallest absolute Gasteiger partial charge is 0.210 e. The fourth-order valence-electron chi connectivity index (χ4n) is 4.74. The summed E-state index contributed by atoms with van der Waals surface area (Å²) in [5, 5.41) is 5.86. The van der Waals surface area contributed by atoms with E-state index in [0.29, 0.717) is 28.9 Å². The molecule has 0 saturated carbocycles. The van der Waals surface area contributed by atoms with Crippen LogP contribution in [0.1, 0.15) is 59.9 Å². The van der Waals surface area contributed by atoms with E-state index in [1.54, 1.807) is 36.0 Å². The maximum absolute atomic E-state index is 13.7. The largest absolute Gasteiger partial charge is 0.387 e. The van der Waals surface area contributed by atoms with E-state index in [4.69, 9.17) is 16.4 Å². The van der Waals surface area contributed by atoms with E-state index in [2.05, 4.69) is 23.6 Å². The third-order valence-electron chi connectivity index (χ3n) is 6.78. The Balaban J connectivity index is 1.70. The zero-order valence-corrected chi connectivity index (χ0v) is 25.5. The molecule has 42 heavy (non-hydrogen) atoms. The van der Waals surface area contributed by atoms with Gasteiger partial charge in [-0.05, 0) is 61.6 Å². The summed E-state index contributed by atoms with van der Waals surface area (Å²) < 4.78 is 2.17. The number of carbonyl (C=O) groups is 3. The van der Waals surface area contributed by atoms with E-state index in [0.717, 1.165) is 39.7 Å². The van der Waals surface area contributed by atoms with Crippen molar-refractivity contribution in [3.05, 3.63) is 106 Å². The van der Waals surface area contributed by atoms with Crippen LogP contribution in [0.25, 0.3) is 21.8 Å². The van der Waals surface area contributed by atoms with Crippen LogP contribution in [0, 0.1) is 0 Å². The Morgan fingerprint density at radius 2 is 1.60 bits per heavy atom. The Hall–Kier alpha value is -3.94. The average Bonchev–Trinajstić information content (AvgIpc) is 3.33. The molecule has 1 aromatic heterocycles. The van der Waals surface area contributed by atoms with Crippen LogP contribution >= 0.6 is 23.4 Å². The molecule has 0 radical (unpaired) electrons. The van der Waals surface area contributed by atoms with Crippen molar-refractivity contribution in [3.63, 3.8) is 0 Å². The van der Waals surface area contributed by atoms with E-state index in [1.165, 1.54) is 12.5 Å². The maximum atomic E-state index is 13.7. The van der Waals surface area contributed by atoms with Crippen LogP contribution in [0.15, 0.2) is 94.5 Å². The summed E-state index contributed by atoms with van der Waals surface area (Å²) in [7, 11) is 0. The van der Waals surface area contributed by atoms with Gasteiger partial charge in [0.2, 0.25) is 5.78 Å². The van der Waals surface area contributed by atoms with Crippen molar-refractivity contribution in [1.82, 2.24) is 4.57 Å². The molecule has 1 heterocycles. The van der Waals surface area contributed by atoms with Crippen molar-refractivity contribution in [2.45, 2.75) is 40.2 Å². The summed E-state index contributed by atoms with van der Waals surface area (Å²) in [5.74, 6) is 0.0987. The molecule has 0 spiro atoms. The molecule has 8 heteroatoms. The summed E-state index contributed by atoms with van der Waals surface area (Å²) >= 11 is 7.28. The fourth-order valence-corrected chi connectivity index (χ4v) is 5.75. The van der Waals surface area contributed by atoms with Crippen LogP contribution in [-0.2, 0) is 16.2 Å². The lowest BCUT2D eigenvalue weighted by Crippen LogP contribution is -2.17. The first-order valence-corrected chi connectivity index (χ1v) is 15.3. The standard InChI is InChI=1S/C34H33ClN2O4S/c1-4-27(12-9-18-35)42-19-17-30(36-41-22-23(3)38)34(40)26-14-16-32-29(21-26)28-20-25(13-15-31(28)37(32)5-2)33(39)24-10-7-6-8-11-24/h6-16,18,20-21H,4-5,17,19,22H2,1-3H3/b18-9+,27-12+,36-30+. The highest BCUT2D eigenvalue weighted by molar-refractivity contribution is 8.03. The lowest BCUT2D eigenvalue weighted by atomic mass is 9.99. The number of nitrogens with zero attached hydrogens (tertiary/aromatic N) is 2. The van der Waals surface area contributed by atoms with Gasteiger partial charge in [0, 0.05) is 62.7 Å². The molecule has 0 fully saturated rings. The van der Waals surface area contributed by atoms with Gasteiger partial charge in [-0.3, -0.25) is 14.4 Å². The number of oxime groups is 1. The van der Waals surface area contributed by atoms with Gasteiger partial charge in [-0.15, -0.1) is 11.8 Å². The number of thioether (sulfide) groups is 1. The van der Waals surface area contributed by atoms with Gasteiger partial charge in [-0.1, -0.05) is 66.2 Å². The minimum absolute atomic E-state index is 0.0568. The van der Waals surface area contributed by atoms with Crippen LogP contribution in [0.4, 0.5) is 0 Å². The molecule has 0 aliphatic carbocycles. The molecule has 0 atom stereocenters. The molecule has 0 N–H and O–H groups in total. The van der Waals surface area contributed by atoms with Crippen molar-refractivity contribution in [1.29, 1.82) is 0 Å². The molecule has 0 bridgehead atoms. The molecule has 3 aromatic carbocycles. The number of ketones is 3. The van der Waals surface area contributed by atoms with Crippen LogP contribution in [-0.4, -0.2) is 40.0 Å². The molecule has 4 aromatic rings. The van der Waals surface area contributed by atoms with Gasteiger partial charge >= 0.3 is 0 Å². The average molecular weight is 601 g/mol. The maximum Gasteiger partial charge on any atom is 0.210 e. The number of halogens is 1. The minimum Gasteiger partial charge on any atom is -0.387 e. The van der Waals surface area contributed by atoms with E-state index >= 15 is 0 Å². The summed E-state index contributed by atoms with van der Waals surface area (Å²) in [6.45, 7) is 6.05. The van der Waals surface area contributed by atoms with Gasteiger partial charge in [0.1, 0.15) is 5.71 Å². The first-order valence-electron chi connectivity index (χ1n) is 13.8. The predicted octanol–water partition coefficient (Wildman–Crippen LogP) is 8.36. The van der Waals surface area contributed by atoms with E-state index in [1.807, 2.05) is 54.6 Å². The number of Topliss-reactive ketones (excluding diaryl/α,β-unsaturated/α-hetero) is 2. The summed E-state index contributed by atoms with van der Waals surface area (Å²) in [6, 6.07) is 20.5. The van der Waals surface area contributed by atoms with Crippen molar-refractivity contribution in [2.75, 3.05) is 12.4 Å². The number of hydrogen-bond donors (Lipinski definition) is 0. The molecule has 0 aliphatic rings. The number of carbonyl (C=O) groups excluding carboxylic acids is 3. The second-order valence-corrected chi connectivity index (χ2v) is 11.1. The molecular weight excluding hydrogens is 568 g/mol. The molecule has 0 unspecified atom stereocenters. The van der Waals surface area contributed by atoms with Gasteiger partial charge < -0.3 is 9.40 Å². The van der Waals surface area contributed by atoms with Gasteiger partial charge in [0.05, 0.1) is 0 Å². The summed E-state index contributed by atoms with van der Waals surface area (Å²) in [4.78, 5) is 44.8. The third-order valence-corrected chi connectivity index (χ3v) is 8.13. The van der Waals surface area contributed by atoms with Crippen LogP contribution in [0.5, 0.6) is 0 Å². The highest BCUT2D eigenvalue weighted by Gasteiger charge is 2.19. The van der Waals surface area contributed by atoms with E-state index in [9.17, 15) is 14.4 Å². The Morgan fingerprint density at radius 3 is 2.21 bits per heavy atom. The quantitative estimate of drug-likeness (QED) is 0.0629. The van der Waals surface area contributed by atoms with Crippen molar-refractivity contribution < 1.29 is 19.2 Å². The number of rotatable bonds is 14. The molecule has 6 nitrogen and oxygen atoms in total. The van der Waals surface area contributed by atoms with Crippen molar-refractivity contribution >= 4 is 68.2 Å². The topological polar surface area (TPSA) is 77.7 Å². The number of benzene rings is 3. The van der Waals surface area contributed by atoms with Crippen LogP contribution < -0.4 is 0 Å². The molecular formula is C34H33ClN2O4S. The van der Waals surface area contributed by atoms with Gasteiger partial charge in [0.25, 0.3) is 0 Å². The molecule has 4 rings (SSSR count). The summed E-state index contributed by atoms with van der Waals surface area (Å²) in [6.07, 6.45) is 4.90. The highest BCUT2D eigenvalue weighted by atomic mass is 35.5. The Morgan fingerprint density at radius 1 is 0.929 bits per heavy atom. The normalized spacial score (nSPS) is 12.4.